The lowest BCUT2D eigenvalue weighted by Gasteiger charge is -2.20. The fraction of sp³-hybridized carbons (Fsp3) is 0.385. The van der Waals surface area contributed by atoms with Crippen LogP contribution in [-0.2, 0) is 9.59 Å². The highest BCUT2D eigenvalue weighted by molar-refractivity contribution is 6.30. The highest BCUT2D eigenvalue weighted by Gasteiger charge is 2.34. The maximum absolute atomic E-state index is 11.6. The Morgan fingerprint density at radius 2 is 1.89 bits per heavy atom. The highest BCUT2D eigenvalue weighted by Crippen LogP contribution is 2.28. The molecule has 0 aliphatic rings. The van der Waals surface area contributed by atoms with Gasteiger partial charge in [0.15, 0.2) is 0 Å². The Morgan fingerprint density at radius 1 is 1.32 bits per heavy atom. The van der Waals surface area contributed by atoms with Crippen LogP contribution in [0.5, 0.6) is 0 Å². The average molecular weight is 284 g/mol. The molecule has 1 atom stereocenters. The predicted octanol–water partition coefficient (Wildman–Crippen LogP) is 2.49. The molecule has 0 heterocycles. The van der Waals surface area contributed by atoms with E-state index < -0.39 is 23.3 Å². The van der Waals surface area contributed by atoms with Crippen molar-refractivity contribution < 1.29 is 14.5 Å². The molecule has 1 aromatic rings. The van der Waals surface area contributed by atoms with Gasteiger partial charge in [0.2, 0.25) is 6.54 Å². The minimum absolute atomic E-state index is 0.376. The van der Waals surface area contributed by atoms with Crippen LogP contribution in [0.1, 0.15) is 25.3 Å². The van der Waals surface area contributed by atoms with Gasteiger partial charge in [0.25, 0.3) is 0 Å². The summed E-state index contributed by atoms with van der Waals surface area (Å²) in [5.74, 6) is -2.55. The third-order valence-electron chi connectivity index (χ3n) is 2.90. The van der Waals surface area contributed by atoms with Gasteiger partial charge in [0.05, 0.1) is 11.8 Å². The number of benzene rings is 1. The summed E-state index contributed by atoms with van der Waals surface area (Å²) in [5.41, 5.74) is 0.527. The normalized spacial score (nSPS) is 12.2. The lowest BCUT2D eigenvalue weighted by molar-refractivity contribution is -0.484. The van der Waals surface area contributed by atoms with Crippen LogP contribution < -0.4 is 0 Å². The van der Waals surface area contributed by atoms with E-state index in [1.54, 1.807) is 24.3 Å². The number of Topliss-reactive ketones (excluding diaryl/α,β-unsaturated/α-hetero) is 2. The van der Waals surface area contributed by atoms with E-state index >= 15 is 0 Å². The molecule has 5 nitrogen and oxygen atoms in total. The van der Waals surface area contributed by atoms with Gasteiger partial charge in [-0.05, 0) is 31.5 Å². The van der Waals surface area contributed by atoms with Crippen molar-refractivity contribution in [2.75, 3.05) is 6.54 Å². The lowest BCUT2D eigenvalue weighted by atomic mass is 9.81. The minimum atomic E-state index is -1.01. The van der Waals surface area contributed by atoms with Crippen molar-refractivity contribution in [2.24, 2.45) is 5.92 Å². The third kappa shape index (κ3) is 4.13. The lowest BCUT2D eigenvalue weighted by Crippen LogP contribution is -2.31. The Hall–Kier alpha value is -1.75. The zero-order chi connectivity index (χ0) is 14.6. The molecule has 1 rings (SSSR count). The molecule has 0 spiro atoms. The van der Waals surface area contributed by atoms with E-state index in [-0.39, 0.29) is 11.6 Å². The summed E-state index contributed by atoms with van der Waals surface area (Å²) >= 11 is 5.85. The average Bonchev–Trinajstić information content (AvgIpc) is 2.26. The molecule has 0 aliphatic carbocycles. The molecule has 102 valence electrons. The van der Waals surface area contributed by atoms with E-state index in [4.69, 9.17) is 11.6 Å². The molecular weight excluding hydrogens is 270 g/mol. The summed E-state index contributed by atoms with van der Waals surface area (Å²) in [5, 5.41) is 11.2. The van der Waals surface area contributed by atoms with Crippen molar-refractivity contribution in [1.82, 2.24) is 0 Å². The molecule has 0 N–H and O–H groups in total. The highest BCUT2D eigenvalue weighted by atomic mass is 35.5. The largest absolute Gasteiger partial charge is 0.299 e. The van der Waals surface area contributed by atoms with Crippen molar-refractivity contribution in [3.8, 4) is 0 Å². The van der Waals surface area contributed by atoms with E-state index in [9.17, 15) is 19.7 Å². The second-order valence-electron chi connectivity index (χ2n) is 4.38. The first-order valence-electron chi connectivity index (χ1n) is 5.71. The van der Waals surface area contributed by atoms with Crippen LogP contribution in [0, 0.1) is 16.0 Å². The van der Waals surface area contributed by atoms with Crippen molar-refractivity contribution in [3.63, 3.8) is 0 Å². The molecule has 0 aromatic heterocycles. The number of nitro groups is 1. The van der Waals surface area contributed by atoms with Crippen molar-refractivity contribution in [2.45, 2.75) is 19.8 Å². The van der Waals surface area contributed by atoms with Crippen LogP contribution in [0.15, 0.2) is 24.3 Å². The number of ketones is 2. The van der Waals surface area contributed by atoms with Gasteiger partial charge in [0, 0.05) is 9.95 Å². The molecule has 0 aliphatic heterocycles. The summed E-state index contributed by atoms with van der Waals surface area (Å²) in [4.78, 5) is 33.4. The van der Waals surface area contributed by atoms with Gasteiger partial charge < -0.3 is 0 Å². The number of nitrogens with zero attached hydrogens (tertiary/aromatic N) is 1. The van der Waals surface area contributed by atoms with Gasteiger partial charge in [0.1, 0.15) is 11.6 Å². The second kappa shape index (κ2) is 6.43. The number of carbonyl (C=O) groups excluding carboxylic acids is 2. The first-order chi connectivity index (χ1) is 8.82. The van der Waals surface area contributed by atoms with Gasteiger partial charge in [-0.25, -0.2) is 0 Å². The maximum atomic E-state index is 11.6. The zero-order valence-corrected chi connectivity index (χ0v) is 11.4. The standard InChI is InChI=1S/C13H14ClNO4/c1-8(16)13(9(2)17)12(7-15(18)19)10-4-3-5-11(14)6-10/h3-6,12-13H,7H2,1-2H3. The summed E-state index contributed by atoms with van der Waals surface area (Å²) in [7, 11) is 0. The maximum Gasteiger partial charge on any atom is 0.211 e. The molecule has 0 bridgehead atoms. The van der Waals surface area contributed by atoms with Gasteiger partial charge in [-0.2, -0.15) is 0 Å². The quantitative estimate of drug-likeness (QED) is 0.456. The van der Waals surface area contributed by atoms with Crippen LogP contribution in [0.4, 0.5) is 0 Å². The van der Waals surface area contributed by atoms with Crippen LogP contribution in [0.25, 0.3) is 0 Å². The Labute approximate surface area is 115 Å². The van der Waals surface area contributed by atoms with E-state index in [0.29, 0.717) is 10.6 Å². The first-order valence-corrected chi connectivity index (χ1v) is 6.09. The topological polar surface area (TPSA) is 77.3 Å². The van der Waals surface area contributed by atoms with Crippen LogP contribution in [0.2, 0.25) is 5.02 Å². The Balaban J connectivity index is 3.23. The van der Waals surface area contributed by atoms with Crippen LogP contribution in [-0.4, -0.2) is 23.0 Å². The van der Waals surface area contributed by atoms with Crippen LogP contribution in [0.3, 0.4) is 0 Å². The van der Waals surface area contributed by atoms with Crippen molar-refractivity contribution in [1.29, 1.82) is 0 Å². The molecule has 0 radical (unpaired) electrons. The summed E-state index contributed by atoms with van der Waals surface area (Å²) in [6.45, 7) is 2.05. The number of rotatable bonds is 6. The van der Waals surface area contributed by atoms with E-state index in [2.05, 4.69) is 0 Å². The Morgan fingerprint density at radius 3 is 2.32 bits per heavy atom. The number of carbonyl (C=O) groups is 2. The number of halogens is 1. The monoisotopic (exact) mass is 283 g/mol. The Kier molecular flexibility index (Phi) is 5.18. The molecule has 0 saturated carbocycles. The van der Waals surface area contributed by atoms with Crippen LogP contribution >= 0.6 is 11.6 Å². The van der Waals surface area contributed by atoms with Gasteiger partial charge >= 0.3 is 0 Å². The summed E-state index contributed by atoms with van der Waals surface area (Å²) in [6.07, 6.45) is 0. The van der Waals surface area contributed by atoms with Gasteiger partial charge in [-0.1, -0.05) is 23.7 Å². The smallest absolute Gasteiger partial charge is 0.211 e. The zero-order valence-electron chi connectivity index (χ0n) is 10.6. The SMILES string of the molecule is CC(=O)C(C(C)=O)C(C[N+](=O)[O-])c1cccc(Cl)c1. The molecule has 1 unspecified atom stereocenters. The summed E-state index contributed by atoms with van der Waals surface area (Å²) in [6, 6.07) is 6.46. The number of hydrogen-bond donors (Lipinski definition) is 0. The molecule has 0 saturated heterocycles. The fourth-order valence-electron chi connectivity index (χ4n) is 2.15. The molecule has 1 aromatic carbocycles. The second-order valence-corrected chi connectivity index (χ2v) is 4.81. The Bertz CT molecular complexity index is 501. The number of hydrogen-bond acceptors (Lipinski definition) is 4. The van der Waals surface area contributed by atoms with E-state index in [0.717, 1.165) is 0 Å². The predicted molar refractivity (Wildman–Crippen MR) is 70.9 cm³/mol. The summed E-state index contributed by atoms with van der Waals surface area (Å²) < 4.78 is 0. The third-order valence-corrected chi connectivity index (χ3v) is 3.14. The van der Waals surface area contributed by atoms with E-state index in [1.807, 2.05) is 0 Å². The molecule has 0 fully saturated rings. The molecular formula is C13H14ClNO4. The first kappa shape index (κ1) is 15.3. The van der Waals surface area contributed by atoms with Crippen molar-refractivity contribution >= 4 is 23.2 Å². The van der Waals surface area contributed by atoms with E-state index in [1.165, 1.54) is 13.8 Å². The minimum Gasteiger partial charge on any atom is -0.299 e. The molecule has 0 amide bonds. The molecule has 6 heteroatoms. The molecule has 19 heavy (non-hydrogen) atoms. The van der Waals surface area contributed by atoms with Gasteiger partial charge in [-0.15, -0.1) is 0 Å². The fourth-order valence-corrected chi connectivity index (χ4v) is 2.35. The van der Waals surface area contributed by atoms with Gasteiger partial charge in [-0.3, -0.25) is 19.7 Å². The van der Waals surface area contributed by atoms with Crippen molar-refractivity contribution in [3.05, 3.63) is 45.0 Å².